The average Bonchev–Trinajstić information content (AvgIpc) is 2.72. The largest absolute Gasteiger partial charge is 0.347 e. The molecule has 1 amide bonds. The van der Waals surface area contributed by atoms with E-state index in [1.165, 1.54) is 0 Å². The smallest absolute Gasteiger partial charge is 0.226 e. The van der Waals surface area contributed by atoms with E-state index < -0.39 is 0 Å². The van der Waals surface area contributed by atoms with Gasteiger partial charge < -0.3 is 10.3 Å². The van der Waals surface area contributed by atoms with E-state index >= 15 is 0 Å². The highest BCUT2D eigenvalue weighted by Gasteiger charge is 2.49. The Morgan fingerprint density at radius 2 is 2.20 bits per heavy atom. The van der Waals surface area contributed by atoms with Gasteiger partial charge in [0.1, 0.15) is 5.82 Å². The molecule has 1 saturated carbocycles. The zero-order chi connectivity index (χ0) is 11.1. The molecule has 1 aliphatic carbocycles. The second kappa shape index (κ2) is 3.08. The molecule has 0 radical (unpaired) electrons. The summed E-state index contributed by atoms with van der Waals surface area (Å²) in [7, 11) is 0. The van der Waals surface area contributed by atoms with Crippen LogP contribution in [0.2, 0.25) is 0 Å². The van der Waals surface area contributed by atoms with Crippen LogP contribution < -0.4 is 5.32 Å². The van der Waals surface area contributed by atoms with Gasteiger partial charge in [0.15, 0.2) is 0 Å². The first-order chi connectivity index (χ1) is 6.94. The number of imidazole rings is 1. The molecule has 2 rings (SSSR count). The Bertz CT molecular complexity index is 358. The molecule has 0 unspecified atom stereocenters. The van der Waals surface area contributed by atoms with Crippen molar-refractivity contribution in [3.05, 3.63) is 18.2 Å². The minimum Gasteiger partial charge on any atom is -0.347 e. The standard InChI is InChI=1S/C11H17N3O/c1-10(2,3)9(15)14-11(4-5-11)8-12-6-7-13-8/h6-7H,4-5H2,1-3H3,(H,12,13)(H,14,15). The van der Waals surface area contributed by atoms with Crippen molar-refractivity contribution >= 4 is 5.91 Å². The third-order valence-corrected chi connectivity index (χ3v) is 2.74. The molecule has 1 aliphatic rings. The molecule has 0 aromatic carbocycles. The minimum atomic E-state index is -0.345. The van der Waals surface area contributed by atoms with Crippen molar-refractivity contribution in [3.8, 4) is 0 Å². The Labute approximate surface area is 89.5 Å². The third kappa shape index (κ3) is 1.89. The number of aromatic amines is 1. The Kier molecular flexibility index (Phi) is 2.10. The molecule has 0 saturated heterocycles. The van der Waals surface area contributed by atoms with Gasteiger partial charge in [0.25, 0.3) is 0 Å². The van der Waals surface area contributed by atoms with Crippen molar-refractivity contribution in [2.45, 2.75) is 39.2 Å². The monoisotopic (exact) mass is 207 g/mol. The van der Waals surface area contributed by atoms with Crippen LogP contribution in [0.5, 0.6) is 0 Å². The summed E-state index contributed by atoms with van der Waals surface area (Å²) in [6.45, 7) is 5.75. The van der Waals surface area contributed by atoms with Gasteiger partial charge in [0.2, 0.25) is 5.91 Å². The number of nitrogens with zero attached hydrogens (tertiary/aromatic N) is 1. The Morgan fingerprint density at radius 3 is 2.60 bits per heavy atom. The number of aromatic nitrogens is 2. The molecular weight excluding hydrogens is 190 g/mol. The van der Waals surface area contributed by atoms with E-state index in [0.717, 1.165) is 18.7 Å². The molecule has 0 aliphatic heterocycles. The van der Waals surface area contributed by atoms with Gasteiger partial charge in [-0.05, 0) is 12.8 Å². The Hall–Kier alpha value is -1.32. The van der Waals surface area contributed by atoms with E-state index in [0.29, 0.717) is 0 Å². The molecule has 82 valence electrons. The lowest BCUT2D eigenvalue weighted by molar-refractivity contribution is -0.129. The van der Waals surface area contributed by atoms with E-state index in [1.807, 2.05) is 20.8 Å². The summed E-state index contributed by atoms with van der Waals surface area (Å²) >= 11 is 0. The van der Waals surface area contributed by atoms with Crippen LogP contribution in [0, 0.1) is 5.41 Å². The molecule has 2 N–H and O–H groups in total. The van der Waals surface area contributed by atoms with Crippen molar-refractivity contribution in [1.82, 2.24) is 15.3 Å². The minimum absolute atomic E-state index is 0.0800. The molecule has 1 fully saturated rings. The number of hydrogen-bond acceptors (Lipinski definition) is 2. The van der Waals surface area contributed by atoms with Crippen molar-refractivity contribution in [3.63, 3.8) is 0 Å². The molecule has 1 aromatic rings. The molecule has 1 heterocycles. The van der Waals surface area contributed by atoms with Gasteiger partial charge in [0, 0.05) is 17.8 Å². The maximum absolute atomic E-state index is 11.9. The summed E-state index contributed by atoms with van der Waals surface area (Å²) in [5, 5.41) is 3.08. The third-order valence-electron chi connectivity index (χ3n) is 2.74. The SMILES string of the molecule is CC(C)(C)C(=O)NC1(c2ncc[nH]2)CC1. The van der Waals surface area contributed by atoms with Crippen molar-refractivity contribution < 1.29 is 4.79 Å². The number of H-pyrrole nitrogens is 1. The highest BCUT2D eigenvalue weighted by atomic mass is 16.2. The number of rotatable bonds is 2. The fraction of sp³-hybridized carbons (Fsp3) is 0.636. The van der Waals surface area contributed by atoms with Gasteiger partial charge in [0.05, 0.1) is 5.54 Å². The highest BCUT2D eigenvalue weighted by Crippen LogP contribution is 2.44. The second-order valence-electron chi connectivity index (χ2n) is 5.22. The van der Waals surface area contributed by atoms with E-state index in [9.17, 15) is 4.79 Å². The number of carbonyl (C=O) groups is 1. The number of nitrogens with one attached hydrogen (secondary N) is 2. The normalized spacial score (nSPS) is 18.6. The van der Waals surface area contributed by atoms with E-state index in [-0.39, 0.29) is 16.9 Å². The fourth-order valence-corrected chi connectivity index (χ4v) is 1.48. The summed E-state index contributed by atoms with van der Waals surface area (Å²) in [5.41, 5.74) is -0.559. The van der Waals surface area contributed by atoms with Gasteiger partial charge in [-0.1, -0.05) is 20.8 Å². The van der Waals surface area contributed by atoms with Crippen LogP contribution in [0.4, 0.5) is 0 Å². The van der Waals surface area contributed by atoms with Crippen LogP contribution in [-0.2, 0) is 10.3 Å². The molecule has 15 heavy (non-hydrogen) atoms. The first kappa shape index (κ1) is 10.2. The average molecular weight is 207 g/mol. The summed E-state index contributed by atoms with van der Waals surface area (Å²) in [4.78, 5) is 19.1. The van der Waals surface area contributed by atoms with E-state index in [2.05, 4.69) is 15.3 Å². The lowest BCUT2D eigenvalue weighted by Gasteiger charge is -2.22. The van der Waals surface area contributed by atoms with E-state index in [4.69, 9.17) is 0 Å². The molecule has 1 aromatic heterocycles. The van der Waals surface area contributed by atoms with Crippen LogP contribution in [0.3, 0.4) is 0 Å². The van der Waals surface area contributed by atoms with Crippen molar-refractivity contribution in [2.75, 3.05) is 0 Å². The predicted molar refractivity (Wildman–Crippen MR) is 57.1 cm³/mol. The highest BCUT2D eigenvalue weighted by molar-refractivity contribution is 5.82. The fourth-order valence-electron chi connectivity index (χ4n) is 1.48. The maximum Gasteiger partial charge on any atom is 0.226 e. The summed E-state index contributed by atoms with van der Waals surface area (Å²) in [5.74, 6) is 0.955. The summed E-state index contributed by atoms with van der Waals surface area (Å²) in [6.07, 6.45) is 5.46. The van der Waals surface area contributed by atoms with Crippen LogP contribution in [-0.4, -0.2) is 15.9 Å². The molecule has 4 heteroatoms. The second-order valence-corrected chi connectivity index (χ2v) is 5.22. The first-order valence-corrected chi connectivity index (χ1v) is 5.27. The molecule has 0 atom stereocenters. The zero-order valence-electron chi connectivity index (χ0n) is 9.42. The van der Waals surface area contributed by atoms with Crippen molar-refractivity contribution in [1.29, 1.82) is 0 Å². The van der Waals surface area contributed by atoms with Gasteiger partial charge in [-0.2, -0.15) is 0 Å². The maximum atomic E-state index is 11.9. The Balaban J connectivity index is 2.10. The number of hydrogen-bond donors (Lipinski definition) is 2. The predicted octanol–water partition coefficient (Wildman–Crippen LogP) is 1.56. The van der Waals surface area contributed by atoms with Gasteiger partial charge >= 0.3 is 0 Å². The van der Waals surface area contributed by atoms with Crippen LogP contribution in [0.25, 0.3) is 0 Å². The lowest BCUT2D eigenvalue weighted by Crippen LogP contribution is -2.42. The lowest BCUT2D eigenvalue weighted by atomic mass is 9.95. The van der Waals surface area contributed by atoms with Gasteiger partial charge in [-0.3, -0.25) is 4.79 Å². The van der Waals surface area contributed by atoms with Crippen LogP contribution >= 0.6 is 0 Å². The molecule has 4 nitrogen and oxygen atoms in total. The quantitative estimate of drug-likeness (QED) is 0.773. The topological polar surface area (TPSA) is 57.8 Å². The van der Waals surface area contributed by atoms with Gasteiger partial charge in [-0.25, -0.2) is 4.98 Å². The van der Waals surface area contributed by atoms with Gasteiger partial charge in [-0.15, -0.1) is 0 Å². The summed E-state index contributed by atoms with van der Waals surface area (Å²) < 4.78 is 0. The zero-order valence-corrected chi connectivity index (χ0v) is 9.42. The first-order valence-electron chi connectivity index (χ1n) is 5.27. The van der Waals surface area contributed by atoms with Crippen LogP contribution in [0.15, 0.2) is 12.4 Å². The van der Waals surface area contributed by atoms with Crippen molar-refractivity contribution in [2.24, 2.45) is 5.41 Å². The number of carbonyl (C=O) groups excluding carboxylic acids is 1. The molecular formula is C11H17N3O. The summed E-state index contributed by atoms with van der Waals surface area (Å²) in [6, 6.07) is 0. The molecule has 0 spiro atoms. The van der Waals surface area contributed by atoms with E-state index in [1.54, 1.807) is 12.4 Å². The Morgan fingerprint density at radius 1 is 1.53 bits per heavy atom. The molecule has 0 bridgehead atoms. The van der Waals surface area contributed by atoms with Crippen LogP contribution in [0.1, 0.15) is 39.4 Å². The number of amides is 1.